The molecule has 1 aliphatic rings. The number of fused-ring (bicyclic) bond motifs is 1. The number of carbonyl (C=O) groups is 1. The Morgan fingerprint density at radius 2 is 2.06 bits per heavy atom. The van der Waals surface area contributed by atoms with E-state index in [1.54, 1.807) is 0 Å². The van der Waals surface area contributed by atoms with Crippen molar-refractivity contribution >= 4 is 5.97 Å². The Kier molecular flexibility index (Phi) is 3.06. The number of halogens is 3. The van der Waals surface area contributed by atoms with Gasteiger partial charge in [0.25, 0.3) is 0 Å². The van der Waals surface area contributed by atoms with E-state index in [-0.39, 0.29) is 30.3 Å². The maximum absolute atomic E-state index is 12.8. The van der Waals surface area contributed by atoms with Crippen LogP contribution in [-0.2, 0) is 17.4 Å². The third-order valence-electron chi connectivity index (χ3n) is 2.54. The molecule has 18 heavy (non-hydrogen) atoms. The lowest BCUT2D eigenvalue weighted by molar-refractivity contribution is -0.140. The lowest BCUT2D eigenvalue weighted by Crippen LogP contribution is -2.11. The molecular formula is C11H9F3O4. The molecule has 2 rings (SSSR count). The summed E-state index contributed by atoms with van der Waals surface area (Å²) < 4.78 is 48.4. The van der Waals surface area contributed by atoms with Gasteiger partial charge in [-0.3, -0.25) is 4.79 Å². The van der Waals surface area contributed by atoms with Gasteiger partial charge in [0.15, 0.2) is 11.5 Å². The van der Waals surface area contributed by atoms with Crippen LogP contribution in [0, 0.1) is 0 Å². The predicted octanol–water partition coefficient (Wildman–Crippen LogP) is 2.45. The van der Waals surface area contributed by atoms with Crippen molar-refractivity contribution in [2.75, 3.05) is 6.79 Å². The van der Waals surface area contributed by atoms with Gasteiger partial charge in [0.05, 0.1) is 5.56 Å². The van der Waals surface area contributed by atoms with Crippen molar-refractivity contribution in [2.24, 2.45) is 0 Å². The maximum Gasteiger partial charge on any atom is 0.416 e. The predicted molar refractivity (Wildman–Crippen MR) is 53.5 cm³/mol. The van der Waals surface area contributed by atoms with Gasteiger partial charge in [-0.15, -0.1) is 0 Å². The number of rotatable bonds is 3. The Morgan fingerprint density at radius 3 is 2.67 bits per heavy atom. The van der Waals surface area contributed by atoms with Crippen molar-refractivity contribution in [3.63, 3.8) is 0 Å². The molecule has 0 bridgehead atoms. The van der Waals surface area contributed by atoms with Crippen LogP contribution in [0.5, 0.6) is 11.5 Å². The van der Waals surface area contributed by atoms with Gasteiger partial charge in [0, 0.05) is 12.0 Å². The fourth-order valence-corrected chi connectivity index (χ4v) is 1.78. The average Bonchev–Trinajstić information content (AvgIpc) is 2.71. The summed E-state index contributed by atoms with van der Waals surface area (Å²) in [5, 5.41) is 8.56. The number of ether oxygens (including phenoxy) is 2. The van der Waals surface area contributed by atoms with Gasteiger partial charge in [-0.25, -0.2) is 0 Å². The van der Waals surface area contributed by atoms with Crippen molar-refractivity contribution in [1.29, 1.82) is 0 Å². The van der Waals surface area contributed by atoms with E-state index in [2.05, 4.69) is 0 Å². The maximum atomic E-state index is 12.8. The lowest BCUT2D eigenvalue weighted by Gasteiger charge is -2.14. The van der Waals surface area contributed by atoms with Gasteiger partial charge in [-0.2, -0.15) is 13.2 Å². The van der Waals surface area contributed by atoms with Crippen LogP contribution in [0.25, 0.3) is 0 Å². The molecule has 0 aliphatic carbocycles. The molecule has 98 valence electrons. The van der Waals surface area contributed by atoms with Crippen molar-refractivity contribution in [2.45, 2.75) is 19.0 Å². The molecule has 0 amide bonds. The molecule has 0 atom stereocenters. The minimum absolute atomic E-state index is 0.00826. The van der Waals surface area contributed by atoms with Gasteiger partial charge >= 0.3 is 12.1 Å². The standard InChI is InChI=1S/C11H9F3O4/c12-11(13,14)7-2-3-8-10(18-5-17-8)6(7)1-4-9(15)16/h2-3H,1,4-5H2,(H,15,16). The Bertz CT molecular complexity index is 482. The first kappa shape index (κ1) is 12.5. The van der Waals surface area contributed by atoms with Crippen molar-refractivity contribution in [3.05, 3.63) is 23.3 Å². The SMILES string of the molecule is O=C(O)CCc1c(C(F)(F)F)ccc2c1OCO2. The number of hydrogen-bond donors (Lipinski definition) is 1. The van der Waals surface area contributed by atoms with E-state index in [1.165, 1.54) is 6.07 Å². The highest BCUT2D eigenvalue weighted by molar-refractivity contribution is 5.68. The second-order valence-electron chi connectivity index (χ2n) is 3.72. The summed E-state index contributed by atoms with van der Waals surface area (Å²) in [6, 6.07) is 2.06. The second kappa shape index (κ2) is 4.40. The Balaban J connectivity index is 2.44. The minimum Gasteiger partial charge on any atom is -0.481 e. The van der Waals surface area contributed by atoms with Gasteiger partial charge in [0.2, 0.25) is 6.79 Å². The molecule has 1 aliphatic heterocycles. The molecular weight excluding hydrogens is 253 g/mol. The number of aliphatic carboxylic acids is 1. The summed E-state index contributed by atoms with van der Waals surface area (Å²) in [6.07, 6.45) is -5.20. The van der Waals surface area contributed by atoms with Crippen LogP contribution in [-0.4, -0.2) is 17.9 Å². The molecule has 0 fully saturated rings. The van der Waals surface area contributed by atoms with Gasteiger partial charge < -0.3 is 14.6 Å². The van der Waals surface area contributed by atoms with E-state index in [1.807, 2.05) is 0 Å². The molecule has 4 nitrogen and oxygen atoms in total. The van der Waals surface area contributed by atoms with Crippen molar-refractivity contribution < 1.29 is 32.5 Å². The Morgan fingerprint density at radius 1 is 1.33 bits per heavy atom. The van der Waals surface area contributed by atoms with Crippen LogP contribution in [0.4, 0.5) is 13.2 Å². The van der Waals surface area contributed by atoms with E-state index >= 15 is 0 Å². The molecule has 1 heterocycles. The van der Waals surface area contributed by atoms with Crippen LogP contribution >= 0.6 is 0 Å². The van der Waals surface area contributed by atoms with Gasteiger partial charge in [0.1, 0.15) is 0 Å². The Labute approximate surface area is 99.9 Å². The minimum atomic E-state index is -4.55. The van der Waals surface area contributed by atoms with Crippen molar-refractivity contribution in [1.82, 2.24) is 0 Å². The van der Waals surface area contributed by atoms with E-state index < -0.39 is 24.1 Å². The molecule has 0 saturated carbocycles. The number of carboxylic acids is 1. The summed E-state index contributed by atoms with van der Waals surface area (Å²) in [6.45, 7) is -0.156. The van der Waals surface area contributed by atoms with Crippen LogP contribution in [0.3, 0.4) is 0 Å². The first-order valence-corrected chi connectivity index (χ1v) is 5.10. The topological polar surface area (TPSA) is 55.8 Å². The summed E-state index contributed by atoms with van der Waals surface area (Å²) in [5.41, 5.74) is -1.05. The fraction of sp³-hybridized carbons (Fsp3) is 0.364. The lowest BCUT2D eigenvalue weighted by atomic mass is 10.0. The largest absolute Gasteiger partial charge is 0.481 e. The highest BCUT2D eigenvalue weighted by Gasteiger charge is 2.36. The monoisotopic (exact) mass is 262 g/mol. The van der Waals surface area contributed by atoms with E-state index in [0.29, 0.717) is 0 Å². The van der Waals surface area contributed by atoms with E-state index in [4.69, 9.17) is 14.6 Å². The normalized spacial score (nSPS) is 13.7. The number of hydrogen-bond acceptors (Lipinski definition) is 3. The molecule has 1 N–H and O–H groups in total. The summed E-state index contributed by atoms with van der Waals surface area (Å²) in [4.78, 5) is 10.5. The van der Waals surface area contributed by atoms with E-state index in [0.717, 1.165) is 6.07 Å². The number of alkyl halides is 3. The highest BCUT2D eigenvalue weighted by Crippen LogP contribution is 2.43. The smallest absolute Gasteiger partial charge is 0.416 e. The molecule has 0 spiro atoms. The fourth-order valence-electron chi connectivity index (χ4n) is 1.78. The van der Waals surface area contributed by atoms with E-state index in [9.17, 15) is 18.0 Å². The second-order valence-corrected chi connectivity index (χ2v) is 3.72. The summed E-state index contributed by atoms with van der Waals surface area (Å²) in [5.74, 6) is -0.964. The van der Waals surface area contributed by atoms with Crippen molar-refractivity contribution in [3.8, 4) is 11.5 Å². The molecule has 0 radical (unpaired) electrons. The molecule has 0 aromatic heterocycles. The zero-order chi connectivity index (χ0) is 13.3. The first-order valence-electron chi connectivity index (χ1n) is 5.10. The zero-order valence-electron chi connectivity index (χ0n) is 9.08. The third-order valence-corrected chi connectivity index (χ3v) is 2.54. The van der Waals surface area contributed by atoms with Crippen LogP contribution in [0.1, 0.15) is 17.5 Å². The summed E-state index contributed by atoms with van der Waals surface area (Å²) >= 11 is 0. The first-order chi connectivity index (χ1) is 8.39. The van der Waals surface area contributed by atoms with Crippen LogP contribution < -0.4 is 9.47 Å². The molecule has 0 saturated heterocycles. The zero-order valence-corrected chi connectivity index (χ0v) is 9.08. The summed E-state index contributed by atoms with van der Waals surface area (Å²) in [7, 11) is 0. The molecule has 1 aromatic rings. The Hall–Kier alpha value is -1.92. The van der Waals surface area contributed by atoms with Crippen LogP contribution in [0.15, 0.2) is 12.1 Å². The molecule has 1 aromatic carbocycles. The molecule has 0 unspecified atom stereocenters. The van der Waals surface area contributed by atoms with Gasteiger partial charge in [-0.1, -0.05) is 0 Å². The number of carboxylic acid groups (broad SMARTS) is 1. The quantitative estimate of drug-likeness (QED) is 0.909. The third kappa shape index (κ3) is 2.34. The average molecular weight is 262 g/mol. The molecule has 7 heteroatoms. The highest BCUT2D eigenvalue weighted by atomic mass is 19.4. The van der Waals surface area contributed by atoms with Gasteiger partial charge in [-0.05, 0) is 18.6 Å². The number of benzene rings is 1. The van der Waals surface area contributed by atoms with Crippen LogP contribution in [0.2, 0.25) is 0 Å².